The Morgan fingerprint density at radius 2 is 1.73 bits per heavy atom. The molecule has 0 unspecified atom stereocenters. The lowest BCUT2D eigenvalue weighted by Crippen LogP contribution is -2.11. The Labute approximate surface area is 172 Å². The standard InChI is InChI=1S/C24H20N2O4/c1-15-21-11-8-18(17-6-9-19(25-2)10-7-17)14-23(21)30-24(27)22(15)13-16-4-3-5-20(12-16)26(28)29/h3-12,14,25H,13H2,1-2H3. The number of hydrogen-bond donors (Lipinski definition) is 1. The van der Waals surface area contributed by atoms with Crippen LogP contribution in [0.5, 0.6) is 0 Å². The number of nitro groups is 1. The summed E-state index contributed by atoms with van der Waals surface area (Å²) in [4.78, 5) is 23.3. The minimum Gasteiger partial charge on any atom is -0.422 e. The van der Waals surface area contributed by atoms with Crippen molar-refractivity contribution in [3.8, 4) is 11.1 Å². The van der Waals surface area contributed by atoms with Crippen molar-refractivity contribution in [1.82, 2.24) is 0 Å². The largest absolute Gasteiger partial charge is 0.422 e. The smallest absolute Gasteiger partial charge is 0.340 e. The van der Waals surface area contributed by atoms with E-state index in [9.17, 15) is 14.9 Å². The first-order chi connectivity index (χ1) is 14.5. The van der Waals surface area contributed by atoms with Gasteiger partial charge in [0.1, 0.15) is 5.58 Å². The van der Waals surface area contributed by atoms with Crippen LogP contribution in [0.4, 0.5) is 11.4 Å². The van der Waals surface area contributed by atoms with Crippen LogP contribution in [0.3, 0.4) is 0 Å². The summed E-state index contributed by atoms with van der Waals surface area (Å²) in [5.41, 5.74) is 5.14. The number of benzene rings is 3. The van der Waals surface area contributed by atoms with Crippen molar-refractivity contribution in [2.75, 3.05) is 12.4 Å². The molecule has 0 bridgehead atoms. The third-order valence-electron chi connectivity index (χ3n) is 5.30. The zero-order chi connectivity index (χ0) is 21.3. The summed E-state index contributed by atoms with van der Waals surface area (Å²) in [7, 11) is 1.87. The Hall–Kier alpha value is -3.93. The Morgan fingerprint density at radius 3 is 2.43 bits per heavy atom. The number of rotatable bonds is 5. The van der Waals surface area contributed by atoms with Crippen LogP contribution in [0.1, 0.15) is 16.7 Å². The zero-order valence-electron chi connectivity index (χ0n) is 16.6. The normalized spacial score (nSPS) is 10.9. The van der Waals surface area contributed by atoms with Crippen molar-refractivity contribution in [3.05, 3.63) is 104 Å². The van der Waals surface area contributed by atoms with E-state index in [0.717, 1.165) is 27.8 Å². The highest BCUT2D eigenvalue weighted by atomic mass is 16.6. The van der Waals surface area contributed by atoms with Crippen molar-refractivity contribution < 1.29 is 9.34 Å². The summed E-state index contributed by atoms with van der Waals surface area (Å²) in [6.45, 7) is 1.88. The van der Waals surface area contributed by atoms with Gasteiger partial charge in [-0.25, -0.2) is 4.79 Å². The minimum absolute atomic E-state index is 0.00395. The Bertz CT molecular complexity index is 1310. The summed E-state index contributed by atoms with van der Waals surface area (Å²) >= 11 is 0. The quantitative estimate of drug-likeness (QED) is 0.279. The molecular formula is C24H20N2O4. The molecule has 1 N–H and O–H groups in total. The van der Waals surface area contributed by atoms with E-state index in [1.807, 2.05) is 56.4 Å². The second-order valence-electron chi connectivity index (χ2n) is 7.14. The van der Waals surface area contributed by atoms with Gasteiger partial charge in [-0.05, 0) is 47.4 Å². The molecule has 0 saturated carbocycles. The summed E-state index contributed by atoms with van der Waals surface area (Å²) in [5.74, 6) is 0. The molecule has 1 heterocycles. The molecule has 6 heteroatoms. The molecule has 0 fully saturated rings. The van der Waals surface area contributed by atoms with Gasteiger partial charge in [-0.2, -0.15) is 0 Å². The molecule has 0 aliphatic heterocycles. The number of anilines is 1. The number of nitrogens with one attached hydrogen (secondary N) is 1. The van der Waals surface area contributed by atoms with Gasteiger partial charge < -0.3 is 9.73 Å². The maximum Gasteiger partial charge on any atom is 0.340 e. The van der Waals surface area contributed by atoms with E-state index in [0.29, 0.717) is 16.7 Å². The fourth-order valence-corrected chi connectivity index (χ4v) is 3.59. The monoisotopic (exact) mass is 400 g/mol. The van der Waals surface area contributed by atoms with Gasteiger partial charge in [-0.1, -0.05) is 36.4 Å². The molecule has 0 spiro atoms. The van der Waals surface area contributed by atoms with Crippen molar-refractivity contribution >= 4 is 22.3 Å². The highest BCUT2D eigenvalue weighted by Gasteiger charge is 2.14. The maximum absolute atomic E-state index is 12.7. The first kappa shape index (κ1) is 19.4. The van der Waals surface area contributed by atoms with Gasteiger partial charge in [0.15, 0.2) is 0 Å². The van der Waals surface area contributed by atoms with E-state index >= 15 is 0 Å². The fraction of sp³-hybridized carbons (Fsp3) is 0.125. The summed E-state index contributed by atoms with van der Waals surface area (Å²) in [6, 6.07) is 20.1. The van der Waals surface area contributed by atoms with Gasteiger partial charge in [-0.3, -0.25) is 10.1 Å². The van der Waals surface area contributed by atoms with E-state index in [4.69, 9.17) is 4.42 Å². The van der Waals surface area contributed by atoms with Crippen molar-refractivity contribution in [2.45, 2.75) is 13.3 Å². The van der Waals surface area contributed by atoms with Crippen LogP contribution in [0.25, 0.3) is 22.1 Å². The summed E-state index contributed by atoms with van der Waals surface area (Å²) in [6.07, 6.45) is 0.277. The van der Waals surface area contributed by atoms with Gasteiger partial charge in [0.25, 0.3) is 5.69 Å². The van der Waals surface area contributed by atoms with Gasteiger partial charge in [0.05, 0.1) is 4.92 Å². The first-order valence-corrected chi connectivity index (χ1v) is 9.54. The van der Waals surface area contributed by atoms with Crippen LogP contribution >= 0.6 is 0 Å². The molecule has 150 valence electrons. The Balaban J connectivity index is 1.74. The van der Waals surface area contributed by atoms with Crippen molar-refractivity contribution in [2.24, 2.45) is 0 Å². The Kier molecular flexibility index (Phi) is 5.06. The van der Waals surface area contributed by atoms with Gasteiger partial charge in [-0.15, -0.1) is 0 Å². The van der Waals surface area contributed by atoms with Gasteiger partial charge in [0, 0.05) is 42.2 Å². The second-order valence-corrected chi connectivity index (χ2v) is 7.14. The molecule has 0 radical (unpaired) electrons. The molecular weight excluding hydrogens is 380 g/mol. The average Bonchev–Trinajstić information content (AvgIpc) is 2.76. The summed E-state index contributed by atoms with van der Waals surface area (Å²) < 4.78 is 5.63. The predicted molar refractivity (Wildman–Crippen MR) is 118 cm³/mol. The highest BCUT2D eigenvalue weighted by Crippen LogP contribution is 2.28. The second kappa shape index (κ2) is 7.83. The topological polar surface area (TPSA) is 85.4 Å². The van der Waals surface area contributed by atoms with Crippen LogP contribution in [0.2, 0.25) is 0 Å². The lowest BCUT2D eigenvalue weighted by molar-refractivity contribution is -0.384. The van der Waals surface area contributed by atoms with Crippen LogP contribution in [-0.4, -0.2) is 12.0 Å². The van der Waals surface area contributed by atoms with Crippen LogP contribution in [0.15, 0.2) is 75.9 Å². The van der Waals surface area contributed by atoms with Crippen LogP contribution in [0, 0.1) is 17.0 Å². The average molecular weight is 400 g/mol. The molecule has 0 saturated heterocycles. The van der Waals surface area contributed by atoms with Crippen molar-refractivity contribution in [3.63, 3.8) is 0 Å². The number of aryl methyl sites for hydroxylation is 1. The third-order valence-corrected chi connectivity index (χ3v) is 5.30. The zero-order valence-corrected chi connectivity index (χ0v) is 16.6. The molecule has 0 aliphatic carbocycles. The molecule has 0 amide bonds. The minimum atomic E-state index is -0.441. The van der Waals surface area contributed by atoms with E-state index in [1.54, 1.807) is 12.1 Å². The molecule has 1 aromatic heterocycles. The van der Waals surface area contributed by atoms with Crippen LogP contribution < -0.4 is 10.9 Å². The lowest BCUT2D eigenvalue weighted by atomic mass is 9.97. The highest BCUT2D eigenvalue weighted by molar-refractivity contribution is 5.86. The number of nitro benzene ring substituents is 1. The van der Waals surface area contributed by atoms with Gasteiger partial charge >= 0.3 is 5.63 Å². The molecule has 4 aromatic rings. The first-order valence-electron chi connectivity index (χ1n) is 9.54. The van der Waals surface area contributed by atoms with E-state index in [1.165, 1.54) is 12.1 Å². The predicted octanol–water partition coefficient (Wildman–Crippen LogP) is 5.31. The summed E-state index contributed by atoms with van der Waals surface area (Å²) in [5, 5.41) is 15.0. The fourth-order valence-electron chi connectivity index (χ4n) is 3.59. The lowest BCUT2D eigenvalue weighted by Gasteiger charge is -2.10. The number of non-ortho nitro benzene ring substituents is 1. The maximum atomic E-state index is 12.7. The third kappa shape index (κ3) is 3.67. The van der Waals surface area contributed by atoms with E-state index in [2.05, 4.69) is 5.32 Å². The van der Waals surface area contributed by atoms with Gasteiger partial charge in [0.2, 0.25) is 0 Å². The van der Waals surface area contributed by atoms with Crippen molar-refractivity contribution in [1.29, 1.82) is 0 Å². The van der Waals surface area contributed by atoms with Crippen LogP contribution in [-0.2, 0) is 6.42 Å². The molecule has 6 nitrogen and oxygen atoms in total. The SMILES string of the molecule is CNc1ccc(-c2ccc3c(C)c(Cc4cccc([N+](=O)[O-])c4)c(=O)oc3c2)cc1. The molecule has 4 rings (SSSR count). The van der Waals surface area contributed by atoms with E-state index in [-0.39, 0.29) is 12.1 Å². The molecule has 30 heavy (non-hydrogen) atoms. The molecule has 0 atom stereocenters. The molecule has 0 aliphatic rings. The molecule has 3 aromatic carbocycles. The number of nitrogens with zero attached hydrogens (tertiary/aromatic N) is 1. The Morgan fingerprint density at radius 1 is 1.00 bits per heavy atom. The number of fused-ring (bicyclic) bond motifs is 1. The number of hydrogen-bond acceptors (Lipinski definition) is 5. The van der Waals surface area contributed by atoms with E-state index < -0.39 is 10.5 Å².